The summed E-state index contributed by atoms with van der Waals surface area (Å²) >= 11 is 0. The zero-order valence-corrected chi connectivity index (χ0v) is 17.3. The van der Waals surface area contributed by atoms with E-state index in [4.69, 9.17) is 9.47 Å². The predicted octanol–water partition coefficient (Wildman–Crippen LogP) is 4.04. The fraction of sp³-hybridized carbons (Fsp3) is 0.120. The number of methoxy groups -OCH3 is 1. The van der Waals surface area contributed by atoms with E-state index in [1.54, 1.807) is 49.6 Å². The number of anilines is 1. The molecule has 0 atom stereocenters. The molecule has 6 nitrogen and oxygen atoms in total. The number of amides is 2. The summed E-state index contributed by atoms with van der Waals surface area (Å²) in [5, 5.41) is 1.24. The van der Waals surface area contributed by atoms with Crippen LogP contribution in [0, 0.1) is 6.92 Å². The molecule has 1 heterocycles. The molecule has 0 spiro atoms. The van der Waals surface area contributed by atoms with E-state index in [1.165, 1.54) is 11.1 Å². The number of carbonyl (C=O) groups excluding carboxylic acids is 2. The lowest BCUT2D eigenvalue weighted by Crippen LogP contribution is -2.35. The van der Waals surface area contributed by atoms with Gasteiger partial charge in [-0.2, -0.15) is 0 Å². The van der Waals surface area contributed by atoms with Crippen LogP contribution in [0.25, 0.3) is 6.08 Å². The van der Waals surface area contributed by atoms with Crippen LogP contribution < -0.4 is 19.9 Å². The molecule has 31 heavy (non-hydrogen) atoms. The number of hydrazine groups is 1. The lowest BCUT2D eigenvalue weighted by Gasteiger charge is -2.14. The van der Waals surface area contributed by atoms with Crippen LogP contribution in [0.15, 0.2) is 78.4 Å². The number of rotatable bonds is 6. The van der Waals surface area contributed by atoms with Crippen molar-refractivity contribution in [2.75, 3.05) is 12.1 Å². The lowest BCUT2D eigenvalue weighted by atomic mass is 10.1. The third kappa shape index (κ3) is 4.28. The van der Waals surface area contributed by atoms with Crippen LogP contribution in [0.1, 0.15) is 16.7 Å². The van der Waals surface area contributed by atoms with Gasteiger partial charge in [0.2, 0.25) is 0 Å². The van der Waals surface area contributed by atoms with Crippen molar-refractivity contribution < 1.29 is 19.1 Å². The standard InChI is InChI=1S/C25H22N2O4/c1-17-8-6-9-18(14-17)16-31-23-19(10-7-13-22(23)30-2)15-21-24(28)26-27(25(21)29)20-11-4-3-5-12-20/h3-15H,16H2,1-2H3,(H,26,28). The molecule has 4 rings (SSSR count). The highest BCUT2D eigenvalue weighted by atomic mass is 16.5. The molecule has 0 aromatic heterocycles. The molecular formula is C25H22N2O4. The third-order valence-corrected chi connectivity index (χ3v) is 4.90. The number of carbonyl (C=O) groups is 2. The fourth-order valence-corrected chi connectivity index (χ4v) is 3.39. The summed E-state index contributed by atoms with van der Waals surface area (Å²) in [6, 6.07) is 22.3. The molecule has 0 saturated carbocycles. The maximum atomic E-state index is 12.9. The molecule has 3 aromatic rings. The first-order valence-corrected chi connectivity index (χ1v) is 9.84. The number of benzene rings is 3. The molecule has 1 aliphatic heterocycles. The predicted molar refractivity (Wildman–Crippen MR) is 119 cm³/mol. The Bertz CT molecular complexity index is 1160. The van der Waals surface area contributed by atoms with Gasteiger partial charge in [0.15, 0.2) is 11.5 Å². The molecule has 2 amide bonds. The third-order valence-electron chi connectivity index (χ3n) is 4.90. The van der Waals surface area contributed by atoms with E-state index in [0.717, 1.165) is 11.1 Å². The van der Waals surface area contributed by atoms with E-state index in [9.17, 15) is 9.59 Å². The van der Waals surface area contributed by atoms with Crippen molar-refractivity contribution in [1.82, 2.24) is 5.43 Å². The Morgan fingerprint density at radius 3 is 2.48 bits per heavy atom. The van der Waals surface area contributed by atoms with Crippen molar-refractivity contribution in [3.05, 3.63) is 95.1 Å². The largest absolute Gasteiger partial charge is 0.493 e. The summed E-state index contributed by atoms with van der Waals surface area (Å²) in [6.07, 6.45) is 1.54. The molecule has 1 saturated heterocycles. The summed E-state index contributed by atoms with van der Waals surface area (Å²) in [4.78, 5) is 25.4. The minimum atomic E-state index is -0.471. The summed E-state index contributed by atoms with van der Waals surface area (Å²) < 4.78 is 11.5. The summed E-state index contributed by atoms with van der Waals surface area (Å²) in [5.74, 6) is 0.0931. The molecule has 6 heteroatoms. The monoisotopic (exact) mass is 414 g/mol. The first-order valence-electron chi connectivity index (χ1n) is 9.84. The van der Waals surface area contributed by atoms with E-state index in [1.807, 2.05) is 37.3 Å². The molecule has 0 aliphatic carbocycles. The van der Waals surface area contributed by atoms with Crippen LogP contribution in [-0.4, -0.2) is 18.9 Å². The number of aryl methyl sites for hydroxylation is 1. The van der Waals surface area contributed by atoms with Gasteiger partial charge in [0.05, 0.1) is 12.8 Å². The number of hydrogen-bond donors (Lipinski definition) is 1. The smallest absolute Gasteiger partial charge is 0.282 e. The normalized spacial score (nSPS) is 14.6. The maximum absolute atomic E-state index is 12.9. The Balaban J connectivity index is 1.65. The van der Waals surface area contributed by atoms with Crippen molar-refractivity contribution >= 4 is 23.6 Å². The summed E-state index contributed by atoms with van der Waals surface area (Å²) in [6.45, 7) is 2.35. The maximum Gasteiger partial charge on any atom is 0.282 e. The second kappa shape index (κ2) is 8.75. The molecule has 156 valence electrons. The number of ether oxygens (including phenoxy) is 2. The fourth-order valence-electron chi connectivity index (χ4n) is 3.39. The number of nitrogens with zero attached hydrogens (tertiary/aromatic N) is 1. The number of para-hydroxylation sites is 2. The Hall–Kier alpha value is -4.06. The van der Waals surface area contributed by atoms with Gasteiger partial charge in [0.1, 0.15) is 12.2 Å². The molecule has 1 fully saturated rings. The first-order chi connectivity index (χ1) is 15.1. The van der Waals surface area contributed by atoms with Crippen molar-refractivity contribution in [3.63, 3.8) is 0 Å². The van der Waals surface area contributed by atoms with Crippen LogP contribution in [0.3, 0.4) is 0 Å². The highest BCUT2D eigenvalue weighted by molar-refractivity contribution is 6.31. The van der Waals surface area contributed by atoms with Gasteiger partial charge in [-0.25, -0.2) is 5.01 Å². The van der Waals surface area contributed by atoms with E-state index in [2.05, 4.69) is 5.43 Å². The molecule has 0 radical (unpaired) electrons. The van der Waals surface area contributed by atoms with Gasteiger partial charge >= 0.3 is 0 Å². The van der Waals surface area contributed by atoms with Crippen molar-refractivity contribution in [1.29, 1.82) is 0 Å². The Kier molecular flexibility index (Phi) is 5.71. The average Bonchev–Trinajstić information content (AvgIpc) is 3.07. The highest BCUT2D eigenvalue weighted by Gasteiger charge is 2.34. The zero-order valence-electron chi connectivity index (χ0n) is 17.3. The van der Waals surface area contributed by atoms with Gasteiger partial charge in [-0.1, -0.05) is 60.2 Å². The van der Waals surface area contributed by atoms with E-state index >= 15 is 0 Å². The van der Waals surface area contributed by atoms with Crippen LogP contribution in [0.2, 0.25) is 0 Å². The van der Waals surface area contributed by atoms with Crippen LogP contribution >= 0.6 is 0 Å². The second-order valence-corrected chi connectivity index (χ2v) is 7.13. The van der Waals surface area contributed by atoms with E-state index in [0.29, 0.717) is 29.4 Å². The molecule has 1 aliphatic rings. The number of hydrogen-bond acceptors (Lipinski definition) is 4. The molecule has 0 bridgehead atoms. The van der Waals surface area contributed by atoms with Crippen LogP contribution in [0.4, 0.5) is 5.69 Å². The average molecular weight is 414 g/mol. The van der Waals surface area contributed by atoms with E-state index < -0.39 is 11.8 Å². The minimum Gasteiger partial charge on any atom is -0.493 e. The lowest BCUT2D eigenvalue weighted by molar-refractivity contribution is -0.117. The summed E-state index contributed by atoms with van der Waals surface area (Å²) in [7, 11) is 1.55. The van der Waals surface area contributed by atoms with Crippen molar-refractivity contribution in [3.8, 4) is 11.5 Å². The summed E-state index contributed by atoms with van der Waals surface area (Å²) in [5.41, 5.74) is 5.95. The van der Waals surface area contributed by atoms with Gasteiger partial charge in [-0.15, -0.1) is 0 Å². The number of nitrogens with one attached hydrogen (secondary N) is 1. The minimum absolute atomic E-state index is 0.0255. The second-order valence-electron chi connectivity index (χ2n) is 7.13. The van der Waals surface area contributed by atoms with Crippen molar-refractivity contribution in [2.45, 2.75) is 13.5 Å². The van der Waals surface area contributed by atoms with Crippen LogP contribution in [0.5, 0.6) is 11.5 Å². The van der Waals surface area contributed by atoms with Gasteiger partial charge in [0.25, 0.3) is 11.8 Å². The molecule has 1 N–H and O–H groups in total. The van der Waals surface area contributed by atoms with Gasteiger partial charge in [-0.05, 0) is 36.8 Å². The molecule has 3 aromatic carbocycles. The Morgan fingerprint density at radius 2 is 1.74 bits per heavy atom. The van der Waals surface area contributed by atoms with Gasteiger partial charge < -0.3 is 9.47 Å². The topological polar surface area (TPSA) is 67.9 Å². The SMILES string of the molecule is COc1cccc(C=C2C(=O)NN(c3ccccc3)C2=O)c1OCc1cccc(C)c1. The Morgan fingerprint density at radius 1 is 0.968 bits per heavy atom. The quantitative estimate of drug-likeness (QED) is 0.488. The van der Waals surface area contributed by atoms with Gasteiger partial charge in [0, 0.05) is 5.56 Å². The van der Waals surface area contributed by atoms with E-state index in [-0.39, 0.29) is 5.57 Å². The van der Waals surface area contributed by atoms with Gasteiger partial charge in [-0.3, -0.25) is 15.0 Å². The van der Waals surface area contributed by atoms with Crippen LogP contribution in [-0.2, 0) is 16.2 Å². The highest BCUT2D eigenvalue weighted by Crippen LogP contribution is 2.34. The zero-order chi connectivity index (χ0) is 21.8. The Labute approximate surface area is 180 Å². The first kappa shape index (κ1) is 20.2. The molecule has 0 unspecified atom stereocenters. The molecular weight excluding hydrogens is 392 g/mol. The van der Waals surface area contributed by atoms with Crippen molar-refractivity contribution in [2.24, 2.45) is 0 Å².